The summed E-state index contributed by atoms with van der Waals surface area (Å²) in [6.07, 6.45) is -2.87. The number of benzene rings is 1. The van der Waals surface area contributed by atoms with Gasteiger partial charge >= 0.3 is 13.8 Å². The number of ether oxygens (including phenoxy) is 2. The van der Waals surface area contributed by atoms with Crippen LogP contribution in [0.15, 0.2) is 36.9 Å². The lowest BCUT2D eigenvalue weighted by Crippen LogP contribution is -2.43. The molecular formula is C19H23N6O9P. The van der Waals surface area contributed by atoms with Crippen LogP contribution >= 0.6 is 7.82 Å². The van der Waals surface area contributed by atoms with Crippen LogP contribution in [0, 0.1) is 0 Å². The van der Waals surface area contributed by atoms with Crippen LogP contribution in [0.25, 0.3) is 11.2 Å². The number of imidazole rings is 1. The van der Waals surface area contributed by atoms with E-state index in [1.54, 1.807) is 12.1 Å². The third-order valence-corrected chi connectivity index (χ3v) is 5.81. The number of fused-ring (bicyclic) bond motifs is 1. The van der Waals surface area contributed by atoms with Crippen LogP contribution in [0.4, 0.5) is 5.82 Å². The monoisotopic (exact) mass is 510 g/mol. The lowest BCUT2D eigenvalue weighted by molar-refractivity contribution is -0.158. The van der Waals surface area contributed by atoms with Crippen molar-refractivity contribution in [2.24, 2.45) is 5.73 Å². The van der Waals surface area contributed by atoms with Gasteiger partial charge in [0.2, 0.25) is 0 Å². The zero-order chi connectivity index (χ0) is 25.3. The highest BCUT2D eigenvalue weighted by Gasteiger charge is 2.48. The van der Waals surface area contributed by atoms with Gasteiger partial charge in [-0.25, -0.2) is 19.5 Å². The quantitative estimate of drug-likeness (QED) is 0.157. The Balaban J connectivity index is 1.54. The summed E-state index contributed by atoms with van der Waals surface area (Å²) < 4.78 is 28.2. The standard InChI is InChI=1S/C19H23N6O9P/c20-11(5-9-1-3-10(26)4-2-9)19(28)34-15-12(6-32-35(29,30)31)33-18(14(15)27)25-8-24-13-16(21)22-7-23-17(13)25/h1-4,7-8,11-12,14-15,18,26-27H,5-6,20H2,(H2,21,22,23)(H2,29,30,31)/t11-,12+,14+,15+,18+/m0/s1. The van der Waals surface area contributed by atoms with E-state index in [0.29, 0.717) is 5.56 Å². The number of aliphatic hydroxyl groups is 1. The van der Waals surface area contributed by atoms with Crippen molar-refractivity contribution >= 4 is 30.8 Å². The number of aliphatic hydroxyl groups excluding tert-OH is 1. The fourth-order valence-electron chi connectivity index (χ4n) is 3.65. The number of carbonyl (C=O) groups is 1. The van der Waals surface area contributed by atoms with Crippen molar-refractivity contribution < 1.29 is 43.4 Å². The fourth-order valence-corrected chi connectivity index (χ4v) is 3.99. The van der Waals surface area contributed by atoms with Crippen molar-refractivity contribution in [3.8, 4) is 5.75 Å². The number of phosphoric ester groups is 1. The highest BCUT2D eigenvalue weighted by Crippen LogP contribution is 2.39. The minimum atomic E-state index is -4.90. The number of esters is 1. The molecule has 0 spiro atoms. The number of phenols is 1. The molecule has 1 aliphatic heterocycles. The van der Waals surface area contributed by atoms with Crippen molar-refractivity contribution in [2.45, 2.75) is 37.0 Å². The number of aromatic hydroxyl groups is 1. The van der Waals surface area contributed by atoms with Gasteiger partial charge in [-0.2, -0.15) is 0 Å². The highest BCUT2D eigenvalue weighted by molar-refractivity contribution is 7.46. The molecule has 0 saturated carbocycles. The summed E-state index contributed by atoms with van der Waals surface area (Å²) in [7, 11) is -4.90. The first kappa shape index (κ1) is 24.9. The summed E-state index contributed by atoms with van der Waals surface area (Å²) >= 11 is 0. The molecule has 15 nitrogen and oxygen atoms in total. The Morgan fingerprint density at radius 1 is 1.23 bits per heavy atom. The SMILES string of the molecule is Nc1ncnc2c1ncn2[C@@H]1O[C@H](COP(=O)(O)O)[C@@H](OC(=O)[C@@H](N)Cc2ccc(O)cc2)[C@H]1O. The number of nitrogen functional groups attached to an aromatic ring is 1. The summed E-state index contributed by atoms with van der Waals surface area (Å²) in [4.78, 5) is 42.9. The van der Waals surface area contributed by atoms with Crippen molar-refractivity contribution in [2.75, 3.05) is 12.3 Å². The number of rotatable bonds is 8. The topological polar surface area (TPSA) is 238 Å². The number of phenolic OH excluding ortho intramolecular Hbond substituents is 1. The number of nitrogens with zero attached hydrogens (tertiary/aromatic N) is 4. The molecular weight excluding hydrogens is 487 g/mol. The van der Waals surface area contributed by atoms with Gasteiger partial charge in [0.1, 0.15) is 35.8 Å². The molecule has 3 heterocycles. The number of aromatic nitrogens is 4. The Labute approximate surface area is 197 Å². The van der Waals surface area contributed by atoms with E-state index in [2.05, 4.69) is 19.5 Å². The number of hydrogen-bond acceptors (Lipinski definition) is 12. The summed E-state index contributed by atoms with van der Waals surface area (Å²) in [5.74, 6) is -0.755. The molecule has 1 fully saturated rings. The Hall–Kier alpha value is -3.17. The summed E-state index contributed by atoms with van der Waals surface area (Å²) in [6, 6.07) is 4.90. The van der Waals surface area contributed by atoms with E-state index in [1.807, 2.05) is 0 Å². The average Bonchev–Trinajstić information content (AvgIpc) is 3.35. The van der Waals surface area contributed by atoms with Crippen LogP contribution in [0.3, 0.4) is 0 Å². The van der Waals surface area contributed by atoms with Gasteiger partial charge in [0.25, 0.3) is 0 Å². The molecule has 188 valence electrons. The van der Waals surface area contributed by atoms with Gasteiger partial charge in [-0.15, -0.1) is 0 Å². The number of hydrogen-bond donors (Lipinski definition) is 6. The zero-order valence-electron chi connectivity index (χ0n) is 18.0. The first-order valence-corrected chi connectivity index (χ1v) is 11.8. The first-order chi connectivity index (χ1) is 16.5. The van der Waals surface area contributed by atoms with E-state index in [4.69, 9.17) is 30.7 Å². The molecule has 1 aromatic carbocycles. The maximum atomic E-state index is 12.7. The third-order valence-electron chi connectivity index (χ3n) is 5.32. The smallest absolute Gasteiger partial charge is 0.469 e. The van der Waals surface area contributed by atoms with E-state index >= 15 is 0 Å². The van der Waals surface area contributed by atoms with E-state index in [0.717, 1.165) is 0 Å². The molecule has 35 heavy (non-hydrogen) atoms. The normalized spacial score (nSPS) is 23.4. The second-order valence-electron chi connectivity index (χ2n) is 7.80. The van der Waals surface area contributed by atoms with Crippen LogP contribution in [0.2, 0.25) is 0 Å². The van der Waals surface area contributed by atoms with Gasteiger partial charge in [-0.05, 0) is 24.1 Å². The third kappa shape index (κ3) is 5.57. The molecule has 5 atom stereocenters. The maximum Gasteiger partial charge on any atom is 0.469 e. The van der Waals surface area contributed by atoms with Gasteiger partial charge in [0, 0.05) is 0 Å². The lowest BCUT2D eigenvalue weighted by atomic mass is 10.1. The molecule has 1 aliphatic rings. The second kappa shape index (κ2) is 9.83. The molecule has 0 aliphatic carbocycles. The van der Waals surface area contributed by atoms with Gasteiger partial charge in [0.05, 0.1) is 12.9 Å². The number of nitrogens with two attached hydrogens (primary N) is 2. The molecule has 0 unspecified atom stereocenters. The first-order valence-electron chi connectivity index (χ1n) is 10.2. The van der Waals surface area contributed by atoms with Gasteiger partial charge in [-0.1, -0.05) is 12.1 Å². The molecule has 3 aromatic rings. The van der Waals surface area contributed by atoms with Crippen molar-refractivity contribution in [1.29, 1.82) is 0 Å². The number of phosphoric acid groups is 1. The summed E-state index contributed by atoms with van der Waals surface area (Å²) in [5.41, 5.74) is 12.9. The second-order valence-corrected chi connectivity index (χ2v) is 9.04. The molecule has 16 heteroatoms. The van der Waals surface area contributed by atoms with E-state index in [9.17, 15) is 19.6 Å². The van der Waals surface area contributed by atoms with E-state index in [-0.39, 0.29) is 29.2 Å². The van der Waals surface area contributed by atoms with Crippen LogP contribution < -0.4 is 11.5 Å². The molecule has 0 bridgehead atoms. The van der Waals surface area contributed by atoms with Gasteiger partial charge in [0.15, 0.2) is 23.8 Å². The predicted molar refractivity (Wildman–Crippen MR) is 117 cm³/mol. The largest absolute Gasteiger partial charge is 0.508 e. The predicted octanol–water partition coefficient (Wildman–Crippen LogP) is -1.04. The molecule has 1 saturated heterocycles. The van der Waals surface area contributed by atoms with Crippen LogP contribution in [-0.4, -0.2) is 76.4 Å². The lowest BCUT2D eigenvalue weighted by Gasteiger charge is -2.22. The average molecular weight is 510 g/mol. The Bertz CT molecular complexity index is 1250. The van der Waals surface area contributed by atoms with Crippen molar-refractivity contribution in [3.63, 3.8) is 0 Å². The van der Waals surface area contributed by atoms with E-state index in [1.165, 1.54) is 29.4 Å². The molecule has 8 N–H and O–H groups in total. The Kier molecular flexibility index (Phi) is 7.00. The maximum absolute atomic E-state index is 12.7. The molecule has 2 aromatic heterocycles. The molecule has 0 radical (unpaired) electrons. The van der Waals surface area contributed by atoms with Crippen molar-refractivity contribution in [1.82, 2.24) is 19.5 Å². The summed E-state index contributed by atoms with van der Waals surface area (Å²) in [6.45, 7) is -0.702. The Morgan fingerprint density at radius 2 is 1.94 bits per heavy atom. The number of carbonyl (C=O) groups excluding carboxylic acids is 1. The van der Waals surface area contributed by atoms with E-state index < -0.39 is 51.0 Å². The van der Waals surface area contributed by atoms with Gasteiger partial charge in [-0.3, -0.25) is 13.9 Å². The summed E-state index contributed by atoms with van der Waals surface area (Å²) in [5, 5.41) is 20.3. The zero-order valence-corrected chi connectivity index (χ0v) is 18.9. The van der Waals surface area contributed by atoms with Crippen molar-refractivity contribution in [3.05, 3.63) is 42.5 Å². The van der Waals surface area contributed by atoms with Gasteiger partial charge < -0.3 is 40.9 Å². The fraction of sp³-hybridized carbons (Fsp3) is 0.368. The number of anilines is 1. The highest BCUT2D eigenvalue weighted by atomic mass is 31.2. The molecule has 4 rings (SSSR count). The van der Waals surface area contributed by atoms with Crippen LogP contribution in [0.1, 0.15) is 11.8 Å². The molecule has 0 amide bonds. The minimum Gasteiger partial charge on any atom is -0.508 e. The van der Waals surface area contributed by atoms with Crippen LogP contribution in [0.5, 0.6) is 5.75 Å². The van der Waals surface area contributed by atoms with Crippen LogP contribution in [-0.2, 0) is 29.8 Å². The minimum absolute atomic E-state index is 0.0501. The Morgan fingerprint density at radius 3 is 2.63 bits per heavy atom.